The van der Waals surface area contributed by atoms with Crippen LogP contribution in [0, 0.1) is 10.1 Å². The van der Waals surface area contributed by atoms with Gasteiger partial charge in [-0.3, -0.25) is 24.6 Å². The Bertz CT molecular complexity index is 1340. The van der Waals surface area contributed by atoms with Crippen LogP contribution in [0.25, 0.3) is 6.08 Å². The Labute approximate surface area is 208 Å². The number of benzene rings is 2. The van der Waals surface area contributed by atoms with Crippen molar-refractivity contribution < 1.29 is 24.0 Å². The molecule has 0 bridgehead atoms. The van der Waals surface area contributed by atoms with Gasteiger partial charge in [-0.1, -0.05) is 42.2 Å². The highest BCUT2D eigenvalue weighted by Gasteiger charge is 2.39. The molecule has 176 valence electrons. The van der Waals surface area contributed by atoms with E-state index in [-0.39, 0.29) is 32.8 Å². The Morgan fingerprint density at radius 2 is 1.83 bits per heavy atom. The van der Waals surface area contributed by atoms with Crippen LogP contribution in [0.4, 0.5) is 11.4 Å². The van der Waals surface area contributed by atoms with Crippen LogP contribution in [0.5, 0.6) is 0 Å². The van der Waals surface area contributed by atoms with Gasteiger partial charge in [-0.05, 0) is 42.8 Å². The number of esters is 1. The van der Waals surface area contributed by atoms with Gasteiger partial charge in [0, 0.05) is 18.3 Å². The maximum absolute atomic E-state index is 13.2. The molecule has 0 aliphatic carbocycles. The van der Waals surface area contributed by atoms with Crippen molar-refractivity contribution in [3.63, 3.8) is 0 Å². The van der Waals surface area contributed by atoms with Crippen LogP contribution < -0.4 is 5.01 Å². The molecule has 2 aromatic carbocycles. The van der Waals surface area contributed by atoms with E-state index in [2.05, 4.69) is 5.10 Å². The Morgan fingerprint density at radius 3 is 2.46 bits per heavy atom. The molecule has 2 aliphatic rings. The molecule has 0 unspecified atom stereocenters. The zero-order valence-electron chi connectivity index (χ0n) is 18.1. The number of nitro benzene ring substituents is 1. The Kier molecular flexibility index (Phi) is 6.85. The number of nitrogens with zero attached hydrogens (tertiary/aromatic N) is 4. The third-order valence-electron chi connectivity index (χ3n) is 4.83. The zero-order valence-corrected chi connectivity index (χ0v) is 19.7. The third-order valence-corrected chi connectivity index (χ3v) is 6.16. The maximum atomic E-state index is 13.2. The minimum absolute atomic E-state index is 0.0731. The van der Waals surface area contributed by atoms with Gasteiger partial charge < -0.3 is 4.74 Å². The van der Waals surface area contributed by atoms with E-state index in [0.717, 1.165) is 21.7 Å². The van der Waals surface area contributed by atoms with Crippen molar-refractivity contribution in [2.24, 2.45) is 5.10 Å². The average Bonchev–Trinajstić information content (AvgIpc) is 3.31. The molecule has 35 heavy (non-hydrogen) atoms. The lowest BCUT2D eigenvalue weighted by Crippen LogP contribution is -2.28. The smallest absolute Gasteiger partial charge is 0.359 e. The van der Waals surface area contributed by atoms with Gasteiger partial charge in [-0.2, -0.15) is 10.1 Å². The normalized spacial score (nSPS) is 18.0. The molecule has 4 rings (SSSR count). The van der Waals surface area contributed by atoms with Gasteiger partial charge in [0.15, 0.2) is 10.0 Å². The summed E-state index contributed by atoms with van der Waals surface area (Å²) < 4.78 is 5.19. The van der Waals surface area contributed by atoms with Crippen LogP contribution in [-0.4, -0.2) is 44.2 Å². The Balaban J connectivity index is 1.66. The zero-order chi connectivity index (χ0) is 25.1. The molecule has 0 atom stereocenters. The summed E-state index contributed by atoms with van der Waals surface area (Å²) in [5, 5.41) is 16.0. The number of hydrogen-bond donors (Lipinski definition) is 0. The average molecular weight is 509 g/mol. The number of nitro groups is 1. The van der Waals surface area contributed by atoms with E-state index in [0.29, 0.717) is 11.3 Å². The third kappa shape index (κ3) is 4.88. The van der Waals surface area contributed by atoms with E-state index in [9.17, 15) is 24.5 Å². The summed E-state index contributed by atoms with van der Waals surface area (Å²) in [6, 6.07) is 14.2. The standard InChI is InChI=1S/C23H16N4O6S2/c1-2-33-22(30)19-17(20(28)26(24-19)15-6-4-3-5-7-15)13-25-21(29)18(35-23(25)34)12-14-8-10-16(11-9-14)27(31)32/h3-13H,2H2,1H3/b17-13-,18-12+. The number of ether oxygens (including phenoxy) is 1. The number of anilines is 1. The van der Waals surface area contributed by atoms with Crippen LogP contribution >= 0.6 is 24.0 Å². The summed E-state index contributed by atoms with van der Waals surface area (Å²) in [7, 11) is 0. The van der Waals surface area contributed by atoms with E-state index >= 15 is 0 Å². The Hall–Kier alpha value is -4.16. The minimum Gasteiger partial charge on any atom is -0.461 e. The van der Waals surface area contributed by atoms with Gasteiger partial charge in [0.05, 0.1) is 27.7 Å². The van der Waals surface area contributed by atoms with Gasteiger partial charge in [0.25, 0.3) is 17.5 Å². The van der Waals surface area contributed by atoms with Crippen LogP contribution in [0.2, 0.25) is 0 Å². The number of amides is 2. The molecule has 1 fully saturated rings. The highest BCUT2D eigenvalue weighted by Crippen LogP contribution is 2.34. The van der Waals surface area contributed by atoms with Crippen LogP contribution in [0.1, 0.15) is 12.5 Å². The number of carbonyl (C=O) groups is 3. The van der Waals surface area contributed by atoms with Gasteiger partial charge in [0.1, 0.15) is 0 Å². The SMILES string of the molecule is CCOC(=O)C1=NN(c2ccccc2)C(=O)/C1=C\N1C(=O)/C(=C\c2ccc([N+](=O)[O-])cc2)SC1=S. The van der Waals surface area contributed by atoms with Crippen molar-refractivity contribution in [3.05, 3.63) is 87.0 Å². The van der Waals surface area contributed by atoms with Gasteiger partial charge >= 0.3 is 5.97 Å². The first kappa shape index (κ1) is 24.0. The molecule has 12 heteroatoms. The number of rotatable bonds is 6. The molecule has 2 heterocycles. The molecular weight excluding hydrogens is 492 g/mol. The maximum Gasteiger partial charge on any atom is 0.359 e. The van der Waals surface area contributed by atoms with E-state index in [4.69, 9.17) is 17.0 Å². The monoisotopic (exact) mass is 508 g/mol. The van der Waals surface area contributed by atoms with E-state index < -0.39 is 22.7 Å². The second kappa shape index (κ2) is 9.99. The van der Waals surface area contributed by atoms with E-state index in [1.54, 1.807) is 37.3 Å². The summed E-state index contributed by atoms with van der Waals surface area (Å²) in [5.74, 6) is -1.94. The van der Waals surface area contributed by atoms with E-state index in [1.807, 2.05) is 0 Å². The number of hydrazone groups is 1. The topological polar surface area (TPSA) is 122 Å². The molecule has 2 aliphatic heterocycles. The summed E-state index contributed by atoms with van der Waals surface area (Å²) in [5.41, 5.74) is 0.540. The lowest BCUT2D eigenvalue weighted by atomic mass is 10.1. The molecule has 0 radical (unpaired) electrons. The van der Waals surface area contributed by atoms with Crippen molar-refractivity contribution in [1.29, 1.82) is 0 Å². The van der Waals surface area contributed by atoms with Crippen molar-refractivity contribution in [2.45, 2.75) is 6.92 Å². The second-order valence-electron chi connectivity index (χ2n) is 7.06. The molecule has 2 aromatic rings. The number of hydrogen-bond acceptors (Lipinski definition) is 9. The quantitative estimate of drug-likeness (QED) is 0.191. The van der Waals surface area contributed by atoms with Crippen molar-refractivity contribution in [2.75, 3.05) is 11.6 Å². The van der Waals surface area contributed by atoms with Gasteiger partial charge in [-0.15, -0.1) is 0 Å². The summed E-state index contributed by atoms with van der Waals surface area (Å²) in [6.07, 6.45) is 2.73. The number of para-hydroxylation sites is 1. The lowest BCUT2D eigenvalue weighted by molar-refractivity contribution is -0.384. The van der Waals surface area contributed by atoms with Crippen molar-refractivity contribution in [1.82, 2.24) is 4.90 Å². The van der Waals surface area contributed by atoms with Crippen molar-refractivity contribution in [3.8, 4) is 0 Å². The fourth-order valence-corrected chi connectivity index (χ4v) is 4.40. The van der Waals surface area contributed by atoms with Crippen molar-refractivity contribution >= 4 is 69.2 Å². The van der Waals surface area contributed by atoms with Gasteiger partial charge in [0.2, 0.25) is 0 Å². The molecule has 2 amide bonds. The predicted octanol–water partition coefficient (Wildman–Crippen LogP) is 3.65. The summed E-state index contributed by atoms with van der Waals surface area (Å²) in [6.45, 7) is 1.70. The van der Waals surface area contributed by atoms with Crippen LogP contribution in [0.3, 0.4) is 0 Å². The fraction of sp³-hybridized carbons (Fsp3) is 0.0870. The van der Waals surface area contributed by atoms with E-state index in [1.165, 1.54) is 36.5 Å². The first-order valence-corrected chi connectivity index (χ1v) is 11.4. The lowest BCUT2D eigenvalue weighted by Gasteiger charge is -2.12. The Morgan fingerprint density at radius 1 is 1.14 bits per heavy atom. The minimum atomic E-state index is -0.808. The highest BCUT2D eigenvalue weighted by molar-refractivity contribution is 8.26. The first-order chi connectivity index (χ1) is 16.8. The summed E-state index contributed by atoms with van der Waals surface area (Å²) in [4.78, 5) is 50.4. The molecule has 10 nitrogen and oxygen atoms in total. The number of non-ortho nitro benzene ring substituents is 1. The fourth-order valence-electron chi connectivity index (χ4n) is 3.19. The predicted molar refractivity (Wildman–Crippen MR) is 134 cm³/mol. The summed E-state index contributed by atoms with van der Waals surface area (Å²) >= 11 is 6.33. The van der Waals surface area contributed by atoms with Crippen LogP contribution in [0.15, 0.2) is 76.4 Å². The molecule has 0 aromatic heterocycles. The second-order valence-corrected chi connectivity index (χ2v) is 8.74. The van der Waals surface area contributed by atoms with Crippen LogP contribution in [-0.2, 0) is 19.1 Å². The first-order valence-electron chi connectivity index (χ1n) is 10.2. The molecule has 0 N–H and O–H groups in total. The van der Waals surface area contributed by atoms with Gasteiger partial charge in [-0.25, -0.2) is 4.79 Å². The largest absolute Gasteiger partial charge is 0.461 e. The molecule has 1 saturated heterocycles. The highest BCUT2D eigenvalue weighted by atomic mass is 32.2. The molecule has 0 saturated carbocycles. The molecular formula is C23H16N4O6S2. The number of carbonyl (C=O) groups excluding carboxylic acids is 3. The number of thioether (sulfide) groups is 1. The molecule has 0 spiro atoms. The number of thiocarbonyl (C=S) groups is 1.